The highest BCUT2D eigenvalue weighted by atomic mass is 16.5. The van der Waals surface area contributed by atoms with Crippen molar-refractivity contribution >= 4 is 5.97 Å². The van der Waals surface area contributed by atoms with Gasteiger partial charge in [0.15, 0.2) is 0 Å². The first-order chi connectivity index (χ1) is 12.4. The van der Waals surface area contributed by atoms with E-state index in [9.17, 15) is 15.0 Å². The fourth-order valence-electron chi connectivity index (χ4n) is 3.72. The highest BCUT2D eigenvalue weighted by molar-refractivity contribution is 5.76. The van der Waals surface area contributed by atoms with Crippen LogP contribution in [0.1, 0.15) is 17.5 Å². The Kier molecular flexibility index (Phi) is 5.29. The third-order valence-electron chi connectivity index (χ3n) is 5.11. The molecule has 2 N–H and O–H groups in total. The summed E-state index contributed by atoms with van der Waals surface area (Å²) >= 11 is 0. The molecule has 1 aliphatic heterocycles. The van der Waals surface area contributed by atoms with E-state index in [-0.39, 0.29) is 13.0 Å². The van der Waals surface area contributed by atoms with E-state index in [1.165, 1.54) is 0 Å². The zero-order valence-electron chi connectivity index (χ0n) is 15.1. The van der Waals surface area contributed by atoms with Gasteiger partial charge in [0.25, 0.3) is 0 Å². The van der Waals surface area contributed by atoms with Crippen molar-refractivity contribution in [2.45, 2.75) is 25.5 Å². The predicted molar refractivity (Wildman–Crippen MR) is 95.9 cm³/mol. The third kappa shape index (κ3) is 3.73. The number of carboxylic acid groups (broad SMARTS) is 1. The molecule has 1 saturated heterocycles. The number of aromatic nitrogens is 2. The van der Waals surface area contributed by atoms with Crippen LogP contribution in [0.4, 0.5) is 0 Å². The van der Waals surface area contributed by atoms with Gasteiger partial charge in [-0.1, -0.05) is 12.1 Å². The van der Waals surface area contributed by atoms with Gasteiger partial charge in [0.1, 0.15) is 11.2 Å². The van der Waals surface area contributed by atoms with E-state index in [4.69, 9.17) is 4.74 Å². The lowest BCUT2D eigenvalue weighted by molar-refractivity contribution is -0.163. The molecule has 0 bridgehead atoms. The first-order valence-corrected chi connectivity index (χ1v) is 8.67. The number of aliphatic hydroxyl groups is 1. The molecule has 1 aromatic carbocycles. The zero-order chi connectivity index (χ0) is 18.7. The molecule has 7 nitrogen and oxygen atoms in total. The number of benzene rings is 1. The standard InChI is InChI=1S/C19H25N3O4/c1-21-11-15(10-20-21)12-22-7-6-17(23)19(13-22,18(24)25)9-14-4-3-5-16(8-14)26-2/h3-5,8,10-11,17,23H,6-7,9,12-13H2,1-2H3,(H,24,25)/t17-,19-/m1/s1. The van der Waals surface area contributed by atoms with Gasteiger partial charge < -0.3 is 14.9 Å². The van der Waals surface area contributed by atoms with Crippen LogP contribution in [-0.4, -0.2) is 57.2 Å². The summed E-state index contributed by atoms with van der Waals surface area (Å²) in [6, 6.07) is 7.37. The maximum Gasteiger partial charge on any atom is 0.313 e. The molecule has 0 saturated carbocycles. The van der Waals surface area contributed by atoms with Crippen molar-refractivity contribution in [1.82, 2.24) is 14.7 Å². The van der Waals surface area contributed by atoms with Crippen molar-refractivity contribution in [3.05, 3.63) is 47.8 Å². The number of hydrogen-bond donors (Lipinski definition) is 2. The van der Waals surface area contributed by atoms with E-state index in [1.807, 2.05) is 37.5 Å². The predicted octanol–water partition coefficient (Wildman–Crippen LogP) is 1.31. The van der Waals surface area contributed by atoms with Gasteiger partial charge in [-0.25, -0.2) is 0 Å². The van der Waals surface area contributed by atoms with Crippen LogP contribution in [0.2, 0.25) is 0 Å². The Morgan fingerprint density at radius 3 is 2.88 bits per heavy atom. The number of aliphatic carboxylic acids is 1. The first kappa shape index (κ1) is 18.4. The Balaban J connectivity index is 1.83. The van der Waals surface area contributed by atoms with Crippen molar-refractivity contribution in [2.75, 3.05) is 20.2 Å². The topological polar surface area (TPSA) is 87.8 Å². The minimum absolute atomic E-state index is 0.254. The summed E-state index contributed by atoms with van der Waals surface area (Å²) in [5, 5.41) is 24.8. The molecule has 0 unspecified atom stereocenters. The molecular weight excluding hydrogens is 334 g/mol. The minimum Gasteiger partial charge on any atom is -0.497 e. The van der Waals surface area contributed by atoms with E-state index < -0.39 is 17.5 Å². The Labute approximate surface area is 152 Å². The second kappa shape index (κ2) is 7.47. The number of carboxylic acids is 1. The van der Waals surface area contributed by atoms with Gasteiger partial charge in [0.05, 0.1) is 19.4 Å². The highest BCUT2D eigenvalue weighted by Crippen LogP contribution is 2.36. The monoisotopic (exact) mass is 359 g/mol. The fourth-order valence-corrected chi connectivity index (χ4v) is 3.72. The molecule has 2 heterocycles. The summed E-state index contributed by atoms with van der Waals surface area (Å²) in [5.41, 5.74) is 0.630. The summed E-state index contributed by atoms with van der Waals surface area (Å²) in [5.74, 6) is -0.288. The first-order valence-electron chi connectivity index (χ1n) is 8.67. The average Bonchev–Trinajstić information content (AvgIpc) is 3.02. The number of methoxy groups -OCH3 is 1. The number of hydrogen-bond acceptors (Lipinski definition) is 5. The van der Waals surface area contributed by atoms with Gasteiger partial charge >= 0.3 is 5.97 Å². The Morgan fingerprint density at radius 2 is 2.23 bits per heavy atom. The van der Waals surface area contributed by atoms with E-state index in [1.54, 1.807) is 18.0 Å². The van der Waals surface area contributed by atoms with Crippen LogP contribution >= 0.6 is 0 Å². The van der Waals surface area contributed by atoms with Crippen molar-refractivity contribution in [1.29, 1.82) is 0 Å². The molecule has 1 aromatic heterocycles. The molecule has 1 fully saturated rings. The maximum atomic E-state index is 12.2. The zero-order valence-corrected chi connectivity index (χ0v) is 15.1. The number of aryl methyl sites for hydroxylation is 1. The van der Waals surface area contributed by atoms with Crippen molar-refractivity contribution < 1.29 is 19.7 Å². The van der Waals surface area contributed by atoms with Crippen LogP contribution in [-0.2, 0) is 24.8 Å². The van der Waals surface area contributed by atoms with E-state index in [2.05, 4.69) is 10.00 Å². The molecule has 0 amide bonds. The summed E-state index contributed by atoms with van der Waals surface area (Å²) in [7, 11) is 3.44. The summed E-state index contributed by atoms with van der Waals surface area (Å²) in [6.07, 6.45) is 3.50. The molecule has 26 heavy (non-hydrogen) atoms. The second-order valence-electron chi connectivity index (χ2n) is 7.03. The summed E-state index contributed by atoms with van der Waals surface area (Å²) < 4.78 is 6.97. The Morgan fingerprint density at radius 1 is 1.42 bits per heavy atom. The number of likely N-dealkylation sites (tertiary alicyclic amines) is 1. The smallest absolute Gasteiger partial charge is 0.313 e. The molecule has 140 valence electrons. The lowest BCUT2D eigenvalue weighted by Crippen LogP contribution is -2.56. The molecule has 7 heteroatoms. The van der Waals surface area contributed by atoms with E-state index in [0.29, 0.717) is 25.3 Å². The molecule has 2 atom stereocenters. The van der Waals surface area contributed by atoms with Gasteiger partial charge in [0, 0.05) is 38.4 Å². The number of carbonyl (C=O) groups is 1. The molecule has 1 aliphatic rings. The van der Waals surface area contributed by atoms with Crippen LogP contribution in [0, 0.1) is 5.41 Å². The van der Waals surface area contributed by atoms with Crippen LogP contribution in [0.3, 0.4) is 0 Å². The van der Waals surface area contributed by atoms with Gasteiger partial charge in [-0.15, -0.1) is 0 Å². The SMILES string of the molecule is COc1cccc(C[C@@]2(C(=O)O)CN(Cc3cnn(C)c3)CC[C@H]2O)c1. The van der Waals surface area contributed by atoms with Crippen LogP contribution in [0.15, 0.2) is 36.7 Å². The fraction of sp³-hybridized carbons (Fsp3) is 0.474. The molecule has 3 rings (SSSR count). The average molecular weight is 359 g/mol. The number of ether oxygens (including phenoxy) is 1. The largest absolute Gasteiger partial charge is 0.497 e. The third-order valence-corrected chi connectivity index (χ3v) is 5.11. The van der Waals surface area contributed by atoms with Gasteiger partial charge in [-0.2, -0.15) is 5.10 Å². The highest BCUT2D eigenvalue weighted by Gasteiger charge is 2.49. The van der Waals surface area contributed by atoms with Crippen molar-refractivity contribution in [3.8, 4) is 5.75 Å². The molecule has 0 radical (unpaired) electrons. The van der Waals surface area contributed by atoms with Crippen LogP contribution < -0.4 is 4.74 Å². The Hall–Kier alpha value is -2.38. The van der Waals surface area contributed by atoms with E-state index in [0.717, 1.165) is 11.1 Å². The number of rotatable bonds is 6. The molecule has 0 aliphatic carbocycles. The summed E-state index contributed by atoms with van der Waals surface area (Å²) in [4.78, 5) is 14.3. The number of nitrogens with zero attached hydrogens (tertiary/aromatic N) is 3. The lowest BCUT2D eigenvalue weighted by atomic mass is 9.72. The Bertz CT molecular complexity index is 776. The molecule has 2 aromatic rings. The quantitative estimate of drug-likeness (QED) is 0.809. The van der Waals surface area contributed by atoms with Crippen molar-refractivity contribution in [3.63, 3.8) is 0 Å². The second-order valence-corrected chi connectivity index (χ2v) is 7.03. The molecular formula is C19H25N3O4. The minimum atomic E-state index is -1.24. The van der Waals surface area contributed by atoms with E-state index >= 15 is 0 Å². The number of piperidine rings is 1. The normalized spacial score (nSPS) is 23.7. The number of aliphatic hydroxyl groups excluding tert-OH is 1. The molecule has 0 spiro atoms. The van der Waals surface area contributed by atoms with Gasteiger partial charge in [0.2, 0.25) is 0 Å². The van der Waals surface area contributed by atoms with Crippen molar-refractivity contribution in [2.24, 2.45) is 12.5 Å². The van der Waals surface area contributed by atoms with Gasteiger partial charge in [-0.05, 0) is 30.5 Å². The van der Waals surface area contributed by atoms with Crippen LogP contribution in [0.5, 0.6) is 5.75 Å². The van der Waals surface area contributed by atoms with Crippen LogP contribution in [0.25, 0.3) is 0 Å². The summed E-state index contributed by atoms with van der Waals surface area (Å²) in [6.45, 7) is 1.56. The van der Waals surface area contributed by atoms with Gasteiger partial charge in [-0.3, -0.25) is 14.4 Å². The maximum absolute atomic E-state index is 12.2. The lowest BCUT2D eigenvalue weighted by Gasteiger charge is -2.43.